The summed E-state index contributed by atoms with van der Waals surface area (Å²) in [6, 6.07) is 11.0. The van der Waals surface area contributed by atoms with Crippen molar-refractivity contribution in [2.24, 2.45) is 5.92 Å². The summed E-state index contributed by atoms with van der Waals surface area (Å²) in [4.78, 5) is 25.2. The van der Waals surface area contributed by atoms with Crippen LogP contribution in [0.3, 0.4) is 0 Å². The van der Waals surface area contributed by atoms with E-state index in [2.05, 4.69) is 41.0 Å². The summed E-state index contributed by atoms with van der Waals surface area (Å²) in [5.41, 5.74) is 1.38. The van der Waals surface area contributed by atoms with Crippen molar-refractivity contribution >= 4 is 12.0 Å². The van der Waals surface area contributed by atoms with Crippen molar-refractivity contribution in [2.75, 3.05) is 19.6 Å². The van der Waals surface area contributed by atoms with E-state index >= 15 is 0 Å². The maximum atomic E-state index is 12.3. The largest absolute Gasteiger partial charge is 0.480 e. The second-order valence-corrected chi connectivity index (χ2v) is 8.20. The second-order valence-electron chi connectivity index (χ2n) is 8.20. The third-order valence-electron chi connectivity index (χ3n) is 6.37. The number of likely N-dealkylation sites (N-methyl/N-ethyl adjacent to an activating group) is 1. The van der Waals surface area contributed by atoms with Crippen LogP contribution in [-0.4, -0.2) is 53.7 Å². The molecule has 3 N–H and O–H groups in total. The van der Waals surface area contributed by atoms with Crippen LogP contribution in [0.1, 0.15) is 56.9 Å². The van der Waals surface area contributed by atoms with Gasteiger partial charge >= 0.3 is 12.0 Å². The Bertz CT molecular complexity index is 646. The van der Waals surface area contributed by atoms with Crippen LogP contribution >= 0.6 is 0 Å². The van der Waals surface area contributed by atoms with Gasteiger partial charge in [-0.1, -0.05) is 50.1 Å². The number of amides is 2. The summed E-state index contributed by atoms with van der Waals surface area (Å²) in [6.07, 6.45) is 6.49. The van der Waals surface area contributed by atoms with E-state index in [-0.39, 0.29) is 24.7 Å². The number of benzene rings is 1. The van der Waals surface area contributed by atoms with Crippen LogP contribution in [0.5, 0.6) is 0 Å². The first-order valence-corrected chi connectivity index (χ1v) is 10.6. The molecule has 2 amide bonds. The summed E-state index contributed by atoms with van der Waals surface area (Å²) in [5.74, 6) is 0.219. The Labute approximate surface area is 167 Å². The highest BCUT2D eigenvalue weighted by Crippen LogP contribution is 2.37. The molecule has 6 heteroatoms. The zero-order valence-electron chi connectivity index (χ0n) is 16.8. The van der Waals surface area contributed by atoms with Gasteiger partial charge in [-0.05, 0) is 49.6 Å². The Morgan fingerprint density at radius 2 is 1.86 bits per heavy atom. The number of carboxylic acid groups (broad SMARTS) is 1. The van der Waals surface area contributed by atoms with Crippen molar-refractivity contribution in [3.63, 3.8) is 0 Å². The van der Waals surface area contributed by atoms with Crippen LogP contribution in [-0.2, 0) is 4.79 Å². The van der Waals surface area contributed by atoms with Crippen molar-refractivity contribution in [3.8, 4) is 0 Å². The van der Waals surface area contributed by atoms with E-state index in [1.165, 1.54) is 24.8 Å². The lowest BCUT2D eigenvalue weighted by molar-refractivity contribution is -0.139. The van der Waals surface area contributed by atoms with Crippen LogP contribution in [0, 0.1) is 5.92 Å². The summed E-state index contributed by atoms with van der Waals surface area (Å²) < 4.78 is 0. The van der Waals surface area contributed by atoms with E-state index in [0.717, 1.165) is 25.8 Å². The molecule has 6 nitrogen and oxygen atoms in total. The highest BCUT2D eigenvalue weighted by Gasteiger charge is 2.35. The van der Waals surface area contributed by atoms with Gasteiger partial charge in [-0.25, -0.2) is 4.79 Å². The number of aliphatic carboxylic acids is 1. The van der Waals surface area contributed by atoms with Crippen LogP contribution in [0.4, 0.5) is 4.79 Å². The van der Waals surface area contributed by atoms with Crippen molar-refractivity contribution in [3.05, 3.63) is 35.9 Å². The normalized spacial score (nSPS) is 27.1. The second kappa shape index (κ2) is 9.92. The molecule has 3 rings (SSSR count). The molecule has 2 aliphatic carbocycles. The number of nitrogens with one attached hydrogen (secondary N) is 2. The van der Waals surface area contributed by atoms with E-state index in [9.17, 15) is 9.59 Å². The summed E-state index contributed by atoms with van der Waals surface area (Å²) >= 11 is 0. The smallest absolute Gasteiger partial charge is 0.317 e. The van der Waals surface area contributed by atoms with Gasteiger partial charge in [-0.3, -0.25) is 9.69 Å². The van der Waals surface area contributed by atoms with Crippen molar-refractivity contribution < 1.29 is 14.7 Å². The molecule has 0 heterocycles. The molecule has 154 valence electrons. The fraction of sp³-hybridized carbons (Fsp3) is 0.636. The van der Waals surface area contributed by atoms with Gasteiger partial charge in [-0.15, -0.1) is 0 Å². The number of hydrogen-bond donors (Lipinski definition) is 3. The van der Waals surface area contributed by atoms with E-state index in [4.69, 9.17) is 5.11 Å². The van der Waals surface area contributed by atoms with Crippen molar-refractivity contribution in [2.45, 2.75) is 63.5 Å². The topological polar surface area (TPSA) is 81.7 Å². The number of nitrogens with zero attached hydrogens (tertiary/aromatic N) is 1. The Balaban J connectivity index is 1.41. The number of carbonyl (C=O) groups excluding carboxylic acids is 1. The minimum absolute atomic E-state index is 0.0721. The molecule has 1 aromatic rings. The molecular formula is C22H33N3O3. The van der Waals surface area contributed by atoms with E-state index in [1.54, 1.807) is 0 Å². The lowest BCUT2D eigenvalue weighted by Gasteiger charge is -2.42. The maximum Gasteiger partial charge on any atom is 0.317 e. The molecule has 2 aliphatic rings. The quantitative estimate of drug-likeness (QED) is 0.640. The molecule has 0 aliphatic heterocycles. The summed E-state index contributed by atoms with van der Waals surface area (Å²) in [7, 11) is 0. The van der Waals surface area contributed by atoms with E-state index in [0.29, 0.717) is 18.4 Å². The van der Waals surface area contributed by atoms with E-state index < -0.39 is 5.97 Å². The van der Waals surface area contributed by atoms with Gasteiger partial charge in [0.1, 0.15) is 0 Å². The molecular weight excluding hydrogens is 354 g/mol. The molecule has 0 saturated heterocycles. The Kier molecular flexibility index (Phi) is 7.31. The molecule has 2 saturated carbocycles. The third kappa shape index (κ3) is 5.47. The first-order chi connectivity index (χ1) is 13.6. The zero-order chi connectivity index (χ0) is 19.9. The lowest BCUT2D eigenvalue weighted by Crippen LogP contribution is -2.56. The zero-order valence-corrected chi connectivity index (χ0v) is 16.8. The predicted octanol–water partition coefficient (Wildman–Crippen LogP) is 3.20. The molecule has 2 atom stereocenters. The van der Waals surface area contributed by atoms with Gasteiger partial charge < -0.3 is 15.7 Å². The van der Waals surface area contributed by atoms with Gasteiger partial charge in [0.05, 0.1) is 6.54 Å². The molecule has 1 aromatic carbocycles. The summed E-state index contributed by atoms with van der Waals surface area (Å²) in [5, 5.41) is 15.1. The van der Waals surface area contributed by atoms with Crippen LogP contribution in [0.15, 0.2) is 30.3 Å². The van der Waals surface area contributed by atoms with Gasteiger partial charge in [-0.2, -0.15) is 0 Å². The highest BCUT2D eigenvalue weighted by molar-refractivity contribution is 5.74. The Morgan fingerprint density at radius 3 is 2.54 bits per heavy atom. The van der Waals surface area contributed by atoms with Gasteiger partial charge in [0.15, 0.2) is 0 Å². The molecule has 0 spiro atoms. The molecule has 0 radical (unpaired) electrons. The number of carbonyl (C=O) groups is 2. The Morgan fingerprint density at radius 1 is 1.14 bits per heavy atom. The molecule has 28 heavy (non-hydrogen) atoms. The third-order valence-corrected chi connectivity index (χ3v) is 6.37. The Hall–Kier alpha value is -2.08. The monoisotopic (exact) mass is 387 g/mol. The first kappa shape index (κ1) is 20.6. The average molecular weight is 388 g/mol. The molecule has 2 fully saturated rings. The standard InChI is InChI=1S/C22H33N3O3/c1-2-25(15-21(26)27)19-12-18(13-19)24-22(28)23-14-17-10-6-7-11-20(17)16-8-4-3-5-9-16/h3-5,8-9,17-20H,2,6-7,10-15H2,1H3,(H,26,27)(H2,23,24,28). The predicted molar refractivity (Wildman–Crippen MR) is 109 cm³/mol. The van der Waals surface area contributed by atoms with Crippen LogP contribution < -0.4 is 10.6 Å². The number of rotatable bonds is 8. The van der Waals surface area contributed by atoms with Crippen molar-refractivity contribution in [1.82, 2.24) is 15.5 Å². The van der Waals surface area contributed by atoms with Gasteiger partial charge in [0.25, 0.3) is 0 Å². The summed E-state index contributed by atoms with van der Waals surface area (Å²) in [6.45, 7) is 3.48. The van der Waals surface area contributed by atoms with Gasteiger partial charge in [0.2, 0.25) is 0 Å². The van der Waals surface area contributed by atoms with Crippen LogP contribution in [0.2, 0.25) is 0 Å². The number of hydrogen-bond acceptors (Lipinski definition) is 3. The molecule has 0 aromatic heterocycles. The average Bonchev–Trinajstić information content (AvgIpc) is 2.68. The fourth-order valence-electron chi connectivity index (χ4n) is 4.73. The SMILES string of the molecule is CCN(CC(=O)O)C1CC(NC(=O)NCC2CCCCC2c2ccccc2)C1. The number of carboxylic acids is 1. The fourth-order valence-corrected chi connectivity index (χ4v) is 4.73. The van der Waals surface area contributed by atoms with Gasteiger partial charge in [0, 0.05) is 18.6 Å². The minimum atomic E-state index is -0.795. The number of urea groups is 1. The van der Waals surface area contributed by atoms with Crippen LogP contribution in [0.25, 0.3) is 0 Å². The lowest BCUT2D eigenvalue weighted by atomic mass is 9.75. The molecule has 2 unspecified atom stereocenters. The highest BCUT2D eigenvalue weighted by atomic mass is 16.4. The minimum Gasteiger partial charge on any atom is -0.480 e. The van der Waals surface area contributed by atoms with E-state index in [1.807, 2.05) is 11.8 Å². The van der Waals surface area contributed by atoms with Crippen molar-refractivity contribution in [1.29, 1.82) is 0 Å². The molecule has 0 bridgehead atoms. The maximum absolute atomic E-state index is 12.3. The first-order valence-electron chi connectivity index (χ1n) is 10.6.